The summed E-state index contributed by atoms with van der Waals surface area (Å²) >= 11 is 7.38. The molecule has 0 radical (unpaired) electrons. The molecule has 0 saturated heterocycles. The molecular weight excluding hydrogens is 410 g/mol. The van der Waals surface area contributed by atoms with Crippen LogP contribution < -0.4 is 10.6 Å². The van der Waals surface area contributed by atoms with Gasteiger partial charge in [0.25, 0.3) is 6.43 Å². The number of hydrogen-bond acceptors (Lipinski definition) is 5. The highest BCUT2D eigenvalue weighted by Gasteiger charge is 2.14. The summed E-state index contributed by atoms with van der Waals surface area (Å²) in [5, 5.41) is 5.99. The lowest BCUT2D eigenvalue weighted by atomic mass is 10.2. The molecule has 7 nitrogen and oxygen atoms in total. The van der Waals surface area contributed by atoms with E-state index in [9.17, 15) is 13.6 Å². The van der Waals surface area contributed by atoms with Crippen molar-refractivity contribution in [2.45, 2.75) is 26.3 Å². The van der Waals surface area contributed by atoms with Gasteiger partial charge < -0.3 is 9.88 Å². The van der Waals surface area contributed by atoms with E-state index in [1.807, 2.05) is 19.1 Å². The number of anilines is 1. The molecule has 3 rings (SSSR count). The van der Waals surface area contributed by atoms with Gasteiger partial charge in [-0.2, -0.15) is 0 Å². The highest BCUT2D eigenvalue weighted by Crippen LogP contribution is 2.32. The van der Waals surface area contributed by atoms with E-state index in [0.29, 0.717) is 17.2 Å². The molecule has 0 aliphatic rings. The Morgan fingerprint density at radius 2 is 2.11 bits per heavy atom. The van der Waals surface area contributed by atoms with Gasteiger partial charge in [0.1, 0.15) is 5.15 Å². The minimum Gasteiger partial charge on any atom is -0.337 e. The fraction of sp³-hybridized carbons (Fsp3) is 0.294. The first-order valence-electron chi connectivity index (χ1n) is 8.34. The van der Waals surface area contributed by atoms with Crippen molar-refractivity contribution >= 4 is 34.1 Å². The second-order valence-electron chi connectivity index (χ2n) is 5.83. The van der Waals surface area contributed by atoms with Gasteiger partial charge in [0.2, 0.25) is 0 Å². The predicted octanol–water partition coefficient (Wildman–Crippen LogP) is 3.99. The maximum absolute atomic E-state index is 12.4. The second kappa shape index (κ2) is 9.07. The van der Waals surface area contributed by atoms with Crippen molar-refractivity contribution < 1.29 is 13.6 Å². The molecule has 2 N–H and O–H groups in total. The third kappa shape index (κ3) is 5.02. The number of nitrogens with zero attached hydrogens (tertiary/aromatic N) is 4. The van der Waals surface area contributed by atoms with Crippen LogP contribution in [0.1, 0.15) is 11.4 Å². The molecule has 0 fully saturated rings. The quantitative estimate of drug-likeness (QED) is 0.598. The topological polar surface area (TPSA) is 84.7 Å². The fourth-order valence-corrected chi connectivity index (χ4v) is 3.73. The van der Waals surface area contributed by atoms with Gasteiger partial charge in [-0.3, -0.25) is 10.3 Å². The minimum absolute atomic E-state index is 0.153. The van der Waals surface area contributed by atoms with Crippen LogP contribution in [0.5, 0.6) is 0 Å². The molecule has 0 unspecified atom stereocenters. The van der Waals surface area contributed by atoms with Gasteiger partial charge in [0.15, 0.2) is 5.13 Å². The molecule has 3 heterocycles. The van der Waals surface area contributed by atoms with Crippen molar-refractivity contribution in [3.63, 3.8) is 0 Å². The molecule has 0 saturated carbocycles. The average Bonchev–Trinajstić information content (AvgIpc) is 3.19. The first-order valence-corrected chi connectivity index (χ1v) is 9.54. The molecule has 0 aliphatic heterocycles. The average molecular weight is 427 g/mol. The maximum Gasteiger partial charge on any atom is 0.321 e. The van der Waals surface area contributed by atoms with Gasteiger partial charge >= 0.3 is 6.03 Å². The Hall–Kier alpha value is -2.59. The zero-order valence-corrected chi connectivity index (χ0v) is 16.4. The highest BCUT2D eigenvalue weighted by molar-refractivity contribution is 7.19. The fourth-order valence-electron chi connectivity index (χ4n) is 2.51. The number of pyridine rings is 1. The van der Waals surface area contributed by atoms with Crippen LogP contribution in [-0.2, 0) is 13.0 Å². The molecule has 0 aliphatic carbocycles. The number of aromatic nitrogens is 4. The van der Waals surface area contributed by atoms with Crippen molar-refractivity contribution in [2.24, 2.45) is 0 Å². The Kier molecular flexibility index (Phi) is 6.53. The molecule has 28 heavy (non-hydrogen) atoms. The number of carbonyl (C=O) groups excluding carboxylic acids is 1. The van der Waals surface area contributed by atoms with Gasteiger partial charge in [-0.15, -0.1) is 0 Å². The molecule has 11 heteroatoms. The Morgan fingerprint density at radius 1 is 1.36 bits per heavy atom. The number of hydrogen-bond donors (Lipinski definition) is 2. The van der Waals surface area contributed by atoms with Gasteiger partial charge in [0.05, 0.1) is 29.1 Å². The van der Waals surface area contributed by atoms with Crippen LogP contribution in [0.3, 0.4) is 0 Å². The largest absolute Gasteiger partial charge is 0.337 e. The summed E-state index contributed by atoms with van der Waals surface area (Å²) in [5.41, 5.74) is 2.24. The maximum atomic E-state index is 12.4. The summed E-state index contributed by atoms with van der Waals surface area (Å²) in [5.74, 6) is 0. The van der Waals surface area contributed by atoms with Crippen molar-refractivity contribution in [3.8, 4) is 10.4 Å². The van der Waals surface area contributed by atoms with E-state index >= 15 is 0 Å². The molecule has 2 amide bonds. The minimum atomic E-state index is -2.51. The lowest BCUT2D eigenvalue weighted by Crippen LogP contribution is -2.30. The lowest BCUT2D eigenvalue weighted by Gasteiger charge is -2.05. The molecule has 0 spiro atoms. The molecule has 0 bridgehead atoms. The standard InChI is InChI=1S/C17H17ClF2N6OS/c1-10-14(11-2-5-21-6-3-11)28-17(24-10)25-16(27)22-7-4-12-15(18)26(9-23-12)8-13(19)20/h2-3,5-6,9,13H,4,7-8H2,1H3,(H2,22,24,25,27). The van der Waals surface area contributed by atoms with Gasteiger partial charge in [-0.1, -0.05) is 22.9 Å². The number of thiazole rings is 1. The summed E-state index contributed by atoms with van der Waals surface area (Å²) in [6.07, 6.45) is 2.47. The molecule has 0 atom stereocenters. The molecule has 0 aromatic carbocycles. The second-order valence-corrected chi connectivity index (χ2v) is 7.18. The number of imidazole rings is 1. The number of halogens is 3. The zero-order valence-electron chi connectivity index (χ0n) is 14.8. The zero-order chi connectivity index (χ0) is 20.1. The summed E-state index contributed by atoms with van der Waals surface area (Å²) in [7, 11) is 0. The summed E-state index contributed by atoms with van der Waals surface area (Å²) in [6, 6.07) is 3.33. The molecular formula is C17H17ClF2N6OS. The number of nitrogens with one attached hydrogen (secondary N) is 2. The lowest BCUT2D eigenvalue weighted by molar-refractivity contribution is 0.126. The summed E-state index contributed by atoms with van der Waals surface area (Å²) < 4.78 is 26.0. The monoisotopic (exact) mass is 426 g/mol. The summed E-state index contributed by atoms with van der Waals surface area (Å²) in [6.45, 7) is 1.61. The first kappa shape index (κ1) is 20.2. The smallest absolute Gasteiger partial charge is 0.321 e. The first-order chi connectivity index (χ1) is 13.4. The van der Waals surface area contributed by atoms with Crippen molar-refractivity contribution in [2.75, 3.05) is 11.9 Å². The predicted molar refractivity (Wildman–Crippen MR) is 104 cm³/mol. The summed E-state index contributed by atoms with van der Waals surface area (Å²) in [4.78, 5) is 25.4. The van der Waals surface area contributed by atoms with Crippen molar-refractivity contribution in [1.29, 1.82) is 0 Å². The van der Waals surface area contributed by atoms with Crippen LogP contribution in [0, 0.1) is 6.92 Å². The molecule has 3 aromatic heterocycles. The number of urea groups is 1. The van der Waals surface area contributed by atoms with Crippen LogP contribution >= 0.6 is 22.9 Å². The van der Waals surface area contributed by atoms with Gasteiger partial charge in [-0.05, 0) is 24.6 Å². The Balaban J connectivity index is 1.52. The van der Waals surface area contributed by atoms with E-state index in [-0.39, 0.29) is 11.7 Å². The Bertz CT molecular complexity index is 947. The molecule has 148 valence electrons. The third-order valence-electron chi connectivity index (χ3n) is 3.78. The van der Waals surface area contributed by atoms with E-state index < -0.39 is 19.0 Å². The number of rotatable bonds is 7. The van der Waals surface area contributed by atoms with Crippen LogP contribution in [-0.4, -0.2) is 38.5 Å². The number of alkyl halides is 2. The van der Waals surface area contributed by atoms with Crippen LogP contribution in [0.15, 0.2) is 30.9 Å². The van der Waals surface area contributed by atoms with Crippen molar-refractivity contribution in [1.82, 2.24) is 24.8 Å². The van der Waals surface area contributed by atoms with Gasteiger partial charge in [0, 0.05) is 25.4 Å². The Labute approximate surface area is 168 Å². The number of aryl methyl sites for hydroxylation is 1. The number of carbonyl (C=O) groups is 1. The van der Waals surface area contributed by atoms with E-state index in [1.54, 1.807) is 12.4 Å². The van der Waals surface area contributed by atoms with Gasteiger partial charge in [-0.25, -0.2) is 23.5 Å². The van der Waals surface area contributed by atoms with E-state index in [0.717, 1.165) is 16.1 Å². The van der Waals surface area contributed by atoms with E-state index in [2.05, 4.69) is 25.6 Å². The van der Waals surface area contributed by atoms with Crippen LogP contribution in [0.2, 0.25) is 5.15 Å². The van der Waals surface area contributed by atoms with Crippen LogP contribution in [0.25, 0.3) is 10.4 Å². The Morgan fingerprint density at radius 3 is 2.82 bits per heavy atom. The SMILES string of the molecule is Cc1nc(NC(=O)NCCc2ncn(CC(F)F)c2Cl)sc1-c1ccncc1. The normalized spacial score (nSPS) is 11.0. The number of amides is 2. The van der Waals surface area contributed by atoms with E-state index in [4.69, 9.17) is 11.6 Å². The third-order valence-corrected chi connectivity index (χ3v) is 5.34. The van der Waals surface area contributed by atoms with E-state index in [1.165, 1.54) is 22.2 Å². The van der Waals surface area contributed by atoms with Crippen LogP contribution in [0.4, 0.5) is 18.7 Å². The van der Waals surface area contributed by atoms with Crippen molar-refractivity contribution in [3.05, 3.63) is 47.4 Å². The highest BCUT2D eigenvalue weighted by atomic mass is 35.5. The molecule has 3 aromatic rings.